The summed E-state index contributed by atoms with van der Waals surface area (Å²) in [4.78, 5) is 0. The molecule has 1 fully saturated rings. The third-order valence-corrected chi connectivity index (χ3v) is 9.85. The first-order valence-electron chi connectivity index (χ1n) is 12.6. The molecule has 2 aliphatic carbocycles. The normalized spacial score (nSPS) is 31.8. The van der Waals surface area contributed by atoms with Crippen molar-refractivity contribution >= 4 is 26.9 Å². The Hall–Kier alpha value is -0.820. The number of ether oxygens (including phenoxy) is 3. The van der Waals surface area contributed by atoms with Crippen LogP contribution in [0.2, 0.25) is 0 Å². The van der Waals surface area contributed by atoms with Crippen LogP contribution in [0.4, 0.5) is 0 Å². The Labute approximate surface area is 222 Å². The Bertz CT molecular complexity index is 970. The molecule has 6 atom stereocenters. The van der Waals surface area contributed by atoms with E-state index in [2.05, 4.69) is 52.7 Å². The van der Waals surface area contributed by atoms with E-state index < -0.39 is 32.5 Å². The van der Waals surface area contributed by atoms with Gasteiger partial charge in [-0.15, -0.1) is 0 Å². The van der Waals surface area contributed by atoms with Crippen LogP contribution in [0.1, 0.15) is 72.4 Å². The van der Waals surface area contributed by atoms with E-state index in [-0.39, 0.29) is 31.2 Å². The molecule has 1 N–H and O–H groups in total. The highest BCUT2D eigenvalue weighted by molar-refractivity contribution is 9.10. The third-order valence-electron chi connectivity index (χ3n) is 7.76. The van der Waals surface area contributed by atoms with Gasteiger partial charge < -0.3 is 14.2 Å². The lowest BCUT2D eigenvalue weighted by molar-refractivity contribution is -0.271. The summed E-state index contributed by atoms with van der Waals surface area (Å²) in [5.74, 6) is -1.22. The van der Waals surface area contributed by atoms with Gasteiger partial charge >= 0.3 is 0 Å². The minimum absolute atomic E-state index is 0.109. The quantitative estimate of drug-likeness (QED) is 0.412. The predicted molar refractivity (Wildman–Crippen MR) is 143 cm³/mol. The molecule has 196 valence electrons. The number of hydrogen-bond acceptors (Lipinski definition) is 5. The van der Waals surface area contributed by atoms with Crippen LogP contribution in [0.25, 0.3) is 0 Å². The standard InChI is InChI=1S/C27H41BrN2O4S/c1-9-33-26(17-29,34-10-2)27(30-35(31)24(5,6)7)22-13-21(28)12-11-20(22)16-25(27)14-18(3)23(32-8)19(4)15-25/h11-13,18-19,23,30H,9-10,14-16H2,1-8H3/t18-,19+,23?,25?,27-,35?/m0/s1. The number of benzene rings is 1. The van der Waals surface area contributed by atoms with Gasteiger partial charge in [0.25, 0.3) is 5.79 Å². The van der Waals surface area contributed by atoms with E-state index >= 15 is 0 Å². The van der Waals surface area contributed by atoms with Gasteiger partial charge in [-0.25, -0.2) is 8.93 Å². The monoisotopic (exact) mass is 568 g/mol. The third kappa shape index (κ3) is 4.66. The molecule has 3 rings (SSSR count). The topological polar surface area (TPSA) is 80.6 Å². The van der Waals surface area contributed by atoms with Crippen LogP contribution in [0, 0.1) is 28.6 Å². The number of rotatable bonds is 8. The zero-order valence-electron chi connectivity index (χ0n) is 22.4. The van der Waals surface area contributed by atoms with Crippen LogP contribution in [0.15, 0.2) is 22.7 Å². The smallest absolute Gasteiger partial charge is 0.283 e. The summed E-state index contributed by atoms with van der Waals surface area (Å²) < 4.78 is 36.4. The summed E-state index contributed by atoms with van der Waals surface area (Å²) in [5.41, 5.74) is 0.397. The lowest BCUT2D eigenvalue weighted by Crippen LogP contribution is -2.71. The van der Waals surface area contributed by atoms with E-state index in [1.54, 1.807) is 7.11 Å². The van der Waals surface area contributed by atoms with E-state index in [1.807, 2.05) is 40.7 Å². The van der Waals surface area contributed by atoms with E-state index in [0.717, 1.165) is 34.9 Å². The average molecular weight is 570 g/mol. The molecule has 0 radical (unpaired) electrons. The number of methoxy groups -OCH3 is 1. The minimum atomic E-state index is -1.68. The Balaban J connectivity index is 2.43. The molecule has 1 aromatic rings. The number of nitrogens with one attached hydrogen (secondary N) is 1. The summed E-state index contributed by atoms with van der Waals surface area (Å²) in [6.45, 7) is 14.6. The number of halogens is 1. The molecule has 1 spiro atoms. The first-order valence-corrected chi connectivity index (χ1v) is 14.5. The van der Waals surface area contributed by atoms with Gasteiger partial charge in [-0.3, -0.25) is 0 Å². The van der Waals surface area contributed by atoms with Gasteiger partial charge in [-0.1, -0.05) is 35.8 Å². The number of nitriles is 1. The molecule has 2 aliphatic rings. The van der Waals surface area contributed by atoms with Crippen molar-refractivity contribution in [3.05, 3.63) is 33.8 Å². The van der Waals surface area contributed by atoms with Crippen LogP contribution in [0.5, 0.6) is 0 Å². The molecule has 1 saturated carbocycles. The van der Waals surface area contributed by atoms with Crippen LogP contribution < -0.4 is 4.72 Å². The fraction of sp³-hybridized carbons (Fsp3) is 0.741. The van der Waals surface area contributed by atoms with E-state index in [1.165, 1.54) is 0 Å². The maximum atomic E-state index is 13.9. The molecule has 0 bridgehead atoms. The minimum Gasteiger partial charge on any atom is -0.381 e. The summed E-state index contributed by atoms with van der Waals surface area (Å²) in [5, 5.41) is 10.8. The molecule has 0 heterocycles. The average Bonchev–Trinajstić information content (AvgIpc) is 3.01. The van der Waals surface area contributed by atoms with Crippen LogP contribution in [0.3, 0.4) is 0 Å². The largest absolute Gasteiger partial charge is 0.381 e. The lowest BCUT2D eigenvalue weighted by atomic mass is 9.54. The molecular weight excluding hydrogens is 528 g/mol. The predicted octanol–water partition coefficient (Wildman–Crippen LogP) is 5.61. The van der Waals surface area contributed by atoms with Crippen molar-refractivity contribution in [1.29, 1.82) is 5.26 Å². The van der Waals surface area contributed by atoms with Crippen LogP contribution in [-0.2, 0) is 37.2 Å². The van der Waals surface area contributed by atoms with Gasteiger partial charge in [0.1, 0.15) is 11.6 Å². The highest BCUT2D eigenvalue weighted by atomic mass is 79.9. The maximum absolute atomic E-state index is 13.9. The summed E-state index contributed by atoms with van der Waals surface area (Å²) in [6.07, 6.45) is 2.40. The highest BCUT2D eigenvalue weighted by Gasteiger charge is 2.72. The Morgan fingerprint density at radius 3 is 2.20 bits per heavy atom. The number of nitrogens with zero attached hydrogens (tertiary/aromatic N) is 1. The van der Waals surface area contributed by atoms with Gasteiger partial charge in [0, 0.05) is 30.2 Å². The lowest BCUT2D eigenvalue weighted by Gasteiger charge is -2.58. The fourth-order valence-corrected chi connectivity index (χ4v) is 8.13. The highest BCUT2D eigenvalue weighted by Crippen LogP contribution is 2.65. The Morgan fingerprint density at radius 2 is 1.74 bits per heavy atom. The van der Waals surface area contributed by atoms with Crippen molar-refractivity contribution < 1.29 is 18.4 Å². The van der Waals surface area contributed by atoms with Gasteiger partial charge in [0.05, 0.1) is 21.8 Å². The second-order valence-corrected chi connectivity index (χ2v) is 14.0. The molecule has 0 saturated heterocycles. The van der Waals surface area contributed by atoms with Crippen LogP contribution in [-0.4, -0.2) is 41.2 Å². The Morgan fingerprint density at radius 1 is 1.17 bits per heavy atom. The second kappa shape index (κ2) is 10.5. The zero-order valence-corrected chi connectivity index (χ0v) is 24.8. The molecule has 8 heteroatoms. The molecular formula is C27H41BrN2O4S. The first-order chi connectivity index (χ1) is 16.4. The summed E-state index contributed by atoms with van der Waals surface area (Å²) in [7, 11) is 0.270. The molecule has 3 unspecified atom stereocenters. The molecule has 35 heavy (non-hydrogen) atoms. The van der Waals surface area contributed by atoms with Crippen molar-refractivity contribution in [1.82, 2.24) is 4.72 Å². The first kappa shape index (κ1) is 28.7. The fourth-order valence-electron chi connectivity index (χ4n) is 6.72. The van der Waals surface area contributed by atoms with E-state index in [0.29, 0.717) is 0 Å². The van der Waals surface area contributed by atoms with Gasteiger partial charge in [-0.05, 0) is 89.0 Å². The molecule has 0 amide bonds. The molecule has 6 nitrogen and oxygen atoms in total. The number of fused-ring (bicyclic) bond motifs is 1. The van der Waals surface area contributed by atoms with Crippen molar-refractivity contribution in [2.24, 2.45) is 17.3 Å². The zero-order chi connectivity index (χ0) is 26.2. The van der Waals surface area contributed by atoms with E-state index in [9.17, 15) is 9.47 Å². The van der Waals surface area contributed by atoms with Crippen molar-refractivity contribution in [2.45, 2.75) is 89.9 Å². The van der Waals surface area contributed by atoms with Gasteiger partial charge in [0.2, 0.25) is 0 Å². The van der Waals surface area contributed by atoms with Crippen LogP contribution >= 0.6 is 15.9 Å². The van der Waals surface area contributed by atoms with Gasteiger partial charge in [0.15, 0.2) is 0 Å². The molecule has 0 aromatic heterocycles. The SMILES string of the molecule is CCOC(C#N)(OCC)[C@]1(NS(=O)C(C)(C)C)c2cc(Br)ccc2CC12C[C@@H](C)C(OC)[C@@H](C)C2. The Kier molecular flexibility index (Phi) is 8.63. The second-order valence-electron chi connectivity index (χ2n) is 11.1. The molecule has 0 aliphatic heterocycles. The molecule has 1 aromatic carbocycles. The summed E-state index contributed by atoms with van der Waals surface area (Å²) >= 11 is 3.66. The van der Waals surface area contributed by atoms with Crippen molar-refractivity contribution in [3.63, 3.8) is 0 Å². The van der Waals surface area contributed by atoms with Crippen molar-refractivity contribution in [2.75, 3.05) is 20.3 Å². The summed E-state index contributed by atoms with van der Waals surface area (Å²) in [6, 6.07) is 8.66. The number of hydrogen-bond donors (Lipinski definition) is 1. The van der Waals surface area contributed by atoms with Crippen molar-refractivity contribution in [3.8, 4) is 6.07 Å². The van der Waals surface area contributed by atoms with Gasteiger partial charge in [-0.2, -0.15) is 5.26 Å². The maximum Gasteiger partial charge on any atom is 0.283 e. The van der Waals surface area contributed by atoms with E-state index in [4.69, 9.17) is 14.2 Å².